The van der Waals surface area contributed by atoms with Crippen molar-refractivity contribution in [2.24, 2.45) is 4.99 Å². The van der Waals surface area contributed by atoms with Gasteiger partial charge in [0.15, 0.2) is 5.96 Å². The van der Waals surface area contributed by atoms with Crippen LogP contribution in [0.5, 0.6) is 5.88 Å². The molecule has 0 radical (unpaired) electrons. The Morgan fingerprint density at radius 2 is 2.22 bits per heavy atom. The van der Waals surface area contributed by atoms with Gasteiger partial charge in [0, 0.05) is 25.4 Å². The molecule has 1 aromatic heterocycles. The maximum absolute atomic E-state index is 5.07. The van der Waals surface area contributed by atoms with Gasteiger partial charge < -0.3 is 15.4 Å². The number of allylic oxidation sites excluding steroid dienone is 1. The summed E-state index contributed by atoms with van der Waals surface area (Å²) in [5.74, 6) is 1.49. The average Bonchev–Trinajstić information content (AvgIpc) is 2.61. The summed E-state index contributed by atoms with van der Waals surface area (Å²) in [7, 11) is 1.62. The maximum atomic E-state index is 5.07. The van der Waals surface area contributed by atoms with Crippen LogP contribution in [-0.4, -0.2) is 31.1 Å². The molecular weight excluding hydrogens is 288 g/mol. The molecule has 0 aliphatic heterocycles. The van der Waals surface area contributed by atoms with Crippen molar-refractivity contribution in [1.29, 1.82) is 0 Å². The lowest BCUT2D eigenvalue weighted by Gasteiger charge is -2.15. The standard InChI is InChI=1S/C18H28N4O/c1-3-19-18(20-12-11-15-7-5-4-6-8-15)22-14-16-9-10-17(23-2)21-13-16/h7,9-10,13H,3-6,8,11-12,14H2,1-2H3,(H2,19,20,22). The molecule has 0 bridgehead atoms. The van der Waals surface area contributed by atoms with Gasteiger partial charge in [-0.3, -0.25) is 0 Å². The first-order valence-corrected chi connectivity index (χ1v) is 8.51. The number of hydrogen-bond donors (Lipinski definition) is 2. The first kappa shape index (κ1) is 17.3. The molecule has 0 amide bonds. The van der Waals surface area contributed by atoms with Crippen LogP contribution in [0.2, 0.25) is 0 Å². The van der Waals surface area contributed by atoms with Gasteiger partial charge in [-0.25, -0.2) is 9.98 Å². The average molecular weight is 316 g/mol. The van der Waals surface area contributed by atoms with Crippen LogP contribution in [0.25, 0.3) is 0 Å². The Balaban J connectivity index is 1.82. The van der Waals surface area contributed by atoms with E-state index in [0.29, 0.717) is 12.4 Å². The maximum Gasteiger partial charge on any atom is 0.212 e. The summed E-state index contributed by atoms with van der Waals surface area (Å²) in [6, 6.07) is 3.85. The highest BCUT2D eigenvalue weighted by molar-refractivity contribution is 5.79. The summed E-state index contributed by atoms with van der Waals surface area (Å²) in [6.07, 6.45) is 10.5. The highest BCUT2D eigenvalue weighted by Gasteiger charge is 2.04. The fraction of sp³-hybridized carbons (Fsp3) is 0.556. The molecule has 0 atom stereocenters. The molecule has 0 fully saturated rings. The van der Waals surface area contributed by atoms with Gasteiger partial charge in [-0.15, -0.1) is 0 Å². The molecule has 0 saturated carbocycles. The first-order chi connectivity index (χ1) is 11.3. The minimum Gasteiger partial charge on any atom is -0.481 e. The lowest BCUT2D eigenvalue weighted by molar-refractivity contribution is 0.397. The molecule has 0 spiro atoms. The van der Waals surface area contributed by atoms with E-state index in [2.05, 4.69) is 33.6 Å². The van der Waals surface area contributed by atoms with Crippen molar-refractivity contribution >= 4 is 5.96 Å². The second-order valence-electron chi connectivity index (χ2n) is 5.69. The van der Waals surface area contributed by atoms with Crippen molar-refractivity contribution in [3.63, 3.8) is 0 Å². The number of ether oxygens (including phenoxy) is 1. The van der Waals surface area contributed by atoms with Crippen LogP contribution in [-0.2, 0) is 6.54 Å². The lowest BCUT2D eigenvalue weighted by Crippen LogP contribution is -2.37. The molecule has 0 unspecified atom stereocenters. The van der Waals surface area contributed by atoms with Crippen molar-refractivity contribution < 1.29 is 4.74 Å². The van der Waals surface area contributed by atoms with Gasteiger partial charge in [0.25, 0.3) is 0 Å². The van der Waals surface area contributed by atoms with E-state index in [1.165, 1.54) is 25.7 Å². The Kier molecular flexibility index (Phi) is 7.43. The summed E-state index contributed by atoms with van der Waals surface area (Å²) < 4.78 is 5.07. The number of rotatable bonds is 7. The van der Waals surface area contributed by atoms with Gasteiger partial charge in [-0.2, -0.15) is 0 Å². The third kappa shape index (κ3) is 6.30. The van der Waals surface area contributed by atoms with Crippen molar-refractivity contribution in [3.8, 4) is 5.88 Å². The van der Waals surface area contributed by atoms with Crippen LogP contribution in [0.1, 0.15) is 44.6 Å². The summed E-state index contributed by atoms with van der Waals surface area (Å²) in [5, 5.41) is 6.70. The Morgan fingerprint density at radius 1 is 1.30 bits per heavy atom. The van der Waals surface area contributed by atoms with E-state index in [1.54, 1.807) is 18.9 Å². The van der Waals surface area contributed by atoms with E-state index < -0.39 is 0 Å². The number of nitrogens with one attached hydrogen (secondary N) is 2. The molecule has 2 N–H and O–H groups in total. The Bertz CT molecular complexity index is 522. The van der Waals surface area contributed by atoms with Gasteiger partial charge in [-0.05, 0) is 44.6 Å². The van der Waals surface area contributed by atoms with Gasteiger partial charge in [0.2, 0.25) is 5.88 Å². The number of aliphatic imine (C=N–C) groups is 1. The predicted molar refractivity (Wildman–Crippen MR) is 94.8 cm³/mol. The van der Waals surface area contributed by atoms with Gasteiger partial charge >= 0.3 is 0 Å². The highest BCUT2D eigenvalue weighted by Crippen LogP contribution is 2.19. The van der Waals surface area contributed by atoms with E-state index >= 15 is 0 Å². The Morgan fingerprint density at radius 3 is 2.87 bits per heavy atom. The number of nitrogens with zero attached hydrogens (tertiary/aromatic N) is 2. The first-order valence-electron chi connectivity index (χ1n) is 8.51. The Labute approximate surface area is 139 Å². The molecule has 5 nitrogen and oxygen atoms in total. The molecule has 5 heteroatoms. The summed E-state index contributed by atoms with van der Waals surface area (Å²) in [6.45, 7) is 4.47. The molecular formula is C18H28N4O. The Hall–Kier alpha value is -2.04. The van der Waals surface area contributed by atoms with E-state index in [1.807, 2.05) is 12.1 Å². The zero-order chi connectivity index (χ0) is 16.3. The topological polar surface area (TPSA) is 58.5 Å². The summed E-state index contributed by atoms with van der Waals surface area (Å²) in [4.78, 5) is 8.82. The third-order valence-electron chi connectivity index (χ3n) is 3.89. The number of hydrogen-bond acceptors (Lipinski definition) is 3. The van der Waals surface area contributed by atoms with Crippen molar-refractivity contribution in [1.82, 2.24) is 15.6 Å². The second-order valence-corrected chi connectivity index (χ2v) is 5.69. The summed E-state index contributed by atoms with van der Waals surface area (Å²) >= 11 is 0. The fourth-order valence-electron chi connectivity index (χ4n) is 2.61. The SMILES string of the molecule is CCNC(=NCc1ccc(OC)nc1)NCCC1=CCCCC1. The van der Waals surface area contributed by atoms with Gasteiger partial charge in [0.05, 0.1) is 13.7 Å². The number of methoxy groups -OCH3 is 1. The van der Waals surface area contributed by atoms with E-state index in [-0.39, 0.29) is 0 Å². The minimum atomic E-state index is 0.606. The molecule has 0 saturated heterocycles. The monoisotopic (exact) mass is 316 g/mol. The van der Waals surface area contributed by atoms with Gasteiger partial charge in [-0.1, -0.05) is 17.7 Å². The second kappa shape index (κ2) is 9.87. The summed E-state index contributed by atoms with van der Waals surface area (Å²) in [5.41, 5.74) is 2.65. The highest BCUT2D eigenvalue weighted by atomic mass is 16.5. The molecule has 0 aromatic carbocycles. The molecule has 126 valence electrons. The van der Waals surface area contributed by atoms with Gasteiger partial charge in [0.1, 0.15) is 0 Å². The predicted octanol–water partition coefficient (Wildman–Crippen LogP) is 3.04. The van der Waals surface area contributed by atoms with Crippen LogP contribution >= 0.6 is 0 Å². The number of guanidine groups is 1. The van der Waals surface area contributed by atoms with Crippen molar-refractivity contribution in [3.05, 3.63) is 35.5 Å². The zero-order valence-electron chi connectivity index (χ0n) is 14.3. The van der Waals surface area contributed by atoms with E-state index in [9.17, 15) is 0 Å². The number of pyridine rings is 1. The van der Waals surface area contributed by atoms with E-state index in [4.69, 9.17) is 4.74 Å². The third-order valence-corrected chi connectivity index (χ3v) is 3.89. The van der Waals surface area contributed by atoms with Crippen LogP contribution in [0.4, 0.5) is 0 Å². The lowest BCUT2D eigenvalue weighted by atomic mass is 9.97. The molecule has 1 aliphatic rings. The normalized spacial score (nSPS) is 15.0. The van der Waals surface area contributed by atoms with Crippen LogP contribution in [0, 0.1) is 0 Å². The van der Waals surface area contributed by atoms with E-state index in [0.717, 1.165) is 31.0 Å². The van der Waals surface area contributed by atoms with Crippen molar-refractivity contribution in [2.75, 3.05) is 20.2 Å². The fourth-order valence-corrected chi connectivity index (χ4v) is 2.61. The quantitative estimate of drug-likeness (QED) is 0.461. The number of aromatic nitrogens is 1. The van der Waals surface area contributed by atoms with Crippen LogP contribution < -0.4 is 15.4 Å². The zero-order valence-corrected chi connectivity index (χ0v) is 14.3. The smallest absolute Gasteiger partial charge is 0.212 e. The molecule has 1 aromatic rings. The van der Waals surface area contributed by atoms with Crippen molar-refractivity contribution in [2.45, 2.75) is 45.6 Å². The molecule has 23 heavy (non-hydrogen) atoms. The minimum absolute atomic E-state index is 0.606. The van der Waals surface area contributed by atoms with Crippen LogP contribution in [0.3, 0.4) is 0 Å². The van der Waals surface area contributed by atoms with Crippen LogP contribution in [0.15, 0.2) is 35.0 Å². The molecule has 2 rings (SSSR count). The molecule has 1 aliphatic carbocycles. The largest absolute Gasteiger partial charge is 0.481 e. The molecule has 1 heterocycles.